The Labute approximate surface area is 193 Å². The number of amides is 1. The molecule has 1 amide bonds. The van der Waals surface area contributed by atoms with Crippen molar-refractivity contribution in [2.45, 2.75) is 36.4 Å². The van der Waals surface area contributed by atoms with Crippen LogP contribution in [0.5, 0.6) is 0 Å². The number of sulfone groups is 1. The summed E-state index contributed by atoms with van der Waals surface area (Å²) in [7, 11) is -4.15. The summed E-state index contributed by atoms with van der Waals surface area (Å²) in [6.07, 6.45) is 1.17. The van der Waals surface area contributed by atoms with Crippen molar-refractivity contribution in [2.75, 3.05) is 6.54 Å². The van der Waals surface area contributed by atoms with Gasteiger partial charge in [0.1, 0.15) is 15.9 Å². The number of nitrogens with zero attached hydrogens (tertiary/aromatic N) is 4. The lowest BCUT2D eigenvalue weighted by atomic mass is 9.96. The minimum atomic E-state index is -4.15. The van der Waals surface area contributed by atoms with Gasteiger partial charge in [0, 0.05) is 18.9 Å². The molecule has 0 fully saturated rings. The molecule has 0 bridgehead atoms. The maximum absolute atomic E-state index is 14.4. The summed E-state index contributed by atoms with van der Waals surface area (Å²) in [5, 5.41) is 9.91. The van der Waals surface area contributed by atoms with E-state index in [1.807, 2.05) is 20.8 Å². The Kier molecular flexibility index (Phi) is 6.82. The molecule has 12 heteroatoms. The summed E-state index contributed by atoms with van der Waals surface area (Å²) in [6.45, 7) is 5.68. The van der Waals surface area contributed by atoms with Crippen molar-refractivity contribution in [1.29, 1.82) is 0 Å². The minimum absolute atomic E-state index is 0.104. The van der Waals surface area contributed by atoms with Crippen LogP contribution >= 0.6 is 22.9 Å². The molecule has 8 nitrogen and oxygen atoms in total. The number of thiazole rings is 1. The standard InChI is InChI=1S/C20H20ClFN4O4S2/c1-20(2,3)11-26(19(27)28)10-15-25-16(13-5-4-8-23-17(13)22)18(31-15)32(29,30)12-6-7-14(21)24-9-12/h4-9H,10-11H2,1-3H3,(H,27,28). The second kappa shape index (κ2) is 9.08. The fourth-order valence-electron chi connectivity index (χ4n) is 2.89. The predicted molar refractivity (Wildman–Crippen MR) is 118 cm³/mol. The van der Waals surface area contributed by atoms with E-state index >= 15 is 0 Å². The molecule has 0 unspecified atom stereocenters. The van der Waals surface area contributed by atoms with Gasteiger partial charge in [-0.2, -0.15) is 4.39 Å². The zero-order valence-electron chi connectivity index (χ0n) is 17.4. The summed E-state index contributed by atoms with van der Waals surface area (Å²) in [5.74, 6) is -0.889. The first-order chi connectivity index (χ1) is 14.9. The molecular weight excluding hydrogens is 479 g/mol. The zero-order chi connectivity index (χ0) is 23.7. The lowest BCUT2D eigenvalue weighted by molar-refractivity contribution is 0.123. The molecule has 3 aromatic rings. The van der Waals surface area contributed by atoms with Crippen molar-refractivity contribution in [3.63, 3.8) is 0 Å². The van der Waals surface area contributed by atoms with E-state index in [2.05, 4.69) is 15.0 Å². The lowest BCUT2D eigenvalue weighted by Gasteiger charge is -2.27. The van der Waals surface area contributed by atoms with Crippen molar-refractivity contribution in [3.8, 4) is 11.3 Å². The molecule has 0 saturated heterocycles. The smallest absolute Gasteiger partial charge is 0.407 e. The number of hydrogen-bond donors (Lipinski definition) is 1. The first kappa shape index (κ1) is 24.0. The fourth-order valence-corrected chi connectivity index (χ4v) is 5.90. The molecular formula is C20H20ClFN4O4S2. The monoisotopic (exact) mass is 498 g/mol. The summed E-state index contributed by atoms with van der Waals surface area (Å²) in [4.78, 5) is 24.4. The number of aromatic nitrogens is 3. The highest BCUT2D eigenvalue weighted by atomic mass is 35.5. The zero-order valence-corrected chi connectivity index (χ0v) is 19.8. The number of carbonyl (C=O) groups is 1. The maximum Gasteiger partial charge on any atom is 0.407 e. The predicted octanol–water partition coefficient (Wildman–Crippen LogP) is 4.75. The van der Waals surface area contributed by atoms with Gasteiger partial charge in [0.15, 0.2) is 4.21 Å². The second-order valence-corrected chi connectivity index (χ2v) is 11.7. The van der Waals surface area contributed by atoms with E-state index in [0.717, 1.165) is 22.4 Å². The van der Waals surface area contributed by atoms with Gasteiger partial charge in [-0.05, 0) is 29.7 Å². The topological polar surface area (TPSA) is 113 Å². The normalized spacial score (nSPS) is 12.0. The summed E-state index contributed by atoms with van der Waals surface area (Å²) in [5.41, 5.74) is -0.572. The van der Waals surface area contributed by atoms with E-state index in [4.69, 9.17) is 11.6 Å². The van der Waals surface area contributed by atoms with Gasteiger partial charge >= 0.3 is 6.09 Å². The van der Waals surface area contributed by atoms with E-state index in [9.17, 15) is 22.7 Å². The van der Waals surface area contributed by atoms with Gasteiger partial charge in [-0.15, -0.1) is 11.3 Å². The molecule has 0 aromatic carbocycles. The Morgan fingerprint density at radius 2 is 1.97 bits per heavy atom. The summed E-state index contributed by atoms with van der Waals surface area (Å²) < 4.78 is 40.9. The van der Waals surface area contributed by atoms with Crippen LogP contribution in [0.2, 0.25) is 5.15 Å². The third kappa shape index (κ3) is 5.40. The van der Waals surface area contributed by atoms with Crippen molar-refractivity contribution >= 4 is 38.9 Å². The number of carboxylic acid groups (broad SMARTS) is 1. The molecule has 0 atom stereocenters. The molecule has 3 rings (SSSR count). The van der Waals surface area contributed by atoms with Crippen molar-refractivity contribution in [3.05, 3.63) is 52.8 Å². The Hall–Kier alpha value is -2.63. The van der Waals surface area contributed by atoms with E-state index in [1.54, 1.807) is 0 Å². The molecule has 0 aliphatic heterocycles. The van der Waals surface area contributed by atoms with Crippen LogP contribution < -0.4 is 0 Å². The quantitative estimate of drug-likeness (QED) is 0.488. The number of rotatable bonds is 6. The Morgan fingerprint density at radius 3 is 2.53 bits per heavy atom. The molecule has 0 aliphatic rings. The van der Waals surface area contributed by atoms with Crippen LogP contribution in [0.15, 0.2) is 45.8 Å². The number of pyridine rings is 2. The van der Waals surface area contributed by atoms with Crippen LogP contribution in [0.4, 0.5) is 9.18 Å². The molecule has 170 valence electrons. The second-order valence-electron chi connectivity index (χ2n) is 8.10. The van der Waals surface area contributed by atoms with Gasteiger partial charge in [0.05, 0.1) is 17.0 Å². The van der Waals surface area contributed by atoms with Crippen LogP contribution in [0.3, 0.4) is 0 Å². The van der Waals surface area contributed by atoms with E-state index in [-0.39, 0.29) is 49.0 Å². The molecule has 3 aromatic heterocycles. The molecule has 32 heavy (non-hydrogen) atoms. The first-order valence-electron chi connectivity index (χ1n) is 9.33. The van der Waals surface area contributed by atoms with Crippen molar-refractivity contribution in [2.24, 2.45) is 5.41 Å². The Balaban J connectivity index is 2.14. The lowest BCUT2D eigenvalue weighted by Crippen LogP contribution is -2.36. The third-order valence-electron chi connectivity index (χ3n) is 4.17. The van der Waals surface area contributed by atoms with Crippen molar-refractivity contribution < 1.29 is 22.7 Å². The fraction of sp³-hybridized carbons (Fsp3) is 0.300. The van der Waals surface area contributed by atoms with E-state index in [1.165, 1.54) is 30.5 Å². The maximum atomic E-state index is 14.4. The summed E-state index contributed by atoms with van der Waals surface area (Å²) in [6, 6.07) is 5.44. The highest BCUT2D eigenvalue weighted by Crippen LogP contribution is 2.37. The van der Waals surface area contributed by atoms with Crippen LogP contribution in [-0.2, 0) is 16.4 Å². The van der Waals surface area contributed by atoms with Gasteiger partial charge in [0.25, 0.3) is 0 Å². The van der Waals surface area contributed by atoms with Crippen LogP contribution in [0, 0.1) is 11.4 Å². The molecule has 0 radical (unpaired) electrons. The van der Waals surface area contributed by atoms with Crippen LogP contribution in [-0.4, -0.2) is 46.0 Å². The molecule has 1 N–H and O–H groups in total. The molecule has 0 spiro atoms. The van der Waals surface area contributed by atoms with Gasteiger partial charge in [0.2, 0.25) is 15.8 Å². The highest BCUT2D eigenvalue weighted by molar-refractivity contribution is 7.93. The first-order valence-corrected chi connectivity index (χ1v) is 12.0. The van der Waals surface area contributed by atoms with Crippen LogP contribution in [0.25, 0.3) is 11.3 Å². The largest absolute Gasteiger partial charge is 0.465 e. The number of halogens is 2. The Bertz CT molecular complexity index is 1240. The molecule has 3 heterocycles. The molecule has 0 saturated carbocycles. The average Bonchev–Trinajstić information content (AvgIpc) is 3.11. The van der Waals surface area contributed by atoms with Gasteiger partial charge in [-0.25, -0.2) is 28.2 Å². The minimum Gasteiger partial charge on any atom is -0.465 e. The van der Waals surface area contributed by atoms with E-state index < -0.39 is 21.9 Å². The van der Waals surface area contributed by atoms with E-state index in [0.29, 0.717) is 0 Å². The van der Waals surface area contributed by atoms with Gasteiger partial charge in [-0.3, -0.25) is 0 Å². The third-order valence-corrected chi connectivity index (χ3v) is 7.68. The highest BCUT2D eigenvalue weighted by Gasteiger charge is 2.30. The molecule has 0 aliphatic carbocycles. The van der Waals surface area contributed by atoms with Gasteiger partial charge < -0.3 is 10.0 Å². The summed E-state index contributed by atoms with van der Waals surface area (Å²) >= 11 is 6.55. The Morgan fingerprint density at radius 1 is 1.25 bits per heavy atom. The van der Waals surface area contributed by atoms with Crippen molar-refractivity contribution in [1.82, 2.24) is 19.9 Å². The van der Waals surface area contributed by atoms with Crippen LogP contribution in [0.1, 0.15) is 25.8 Å². The average molecular weight is 499 g/mol. The SMILES string of the molecule is CC(C)(C)CN(Cc1nc(-c2cccnc2F)c(S(=O)(=O)c2ccc(Cl)nc2)s1)C(=O)O. The van der Waals surface area contributed by atoms with Gasteiger partial charge in [-0.1, -0.05) is 32.4 Å². The number of hydrogen-bond acceptors (Lipinski definition) is 7.